The molecule has 0 radical (unpaired) electrons. The maximum Gasteiger partial charge on any atom is 0.446 e. The second kappa shape index (κ2) is 6.14. The summed E-state index contributed by atoms with van der Waals surface area (Å²) in [6.45, 7) is -1.12. The SMILES string of the molecule is O=C1CC2(O)CC(=O)O[C@](O)([C@@H](O)[C@H](O)[C@@H](O)CO)C(O)(O1)OC2=O. The van der Waals surface area contributed by atoms with Crippen molar-refractivity contribution in [3.05, 3.63) is 0 Å². The Morgan fingerprint density at radius 3 is 1.96 bits per heavy atom. The molecule has 2 rings (SSSR count). The van der Waals surface area contributed by atoms with Gasteiger partial charge in [-0.1, -0.05) is 0 Å². The molecule has 2 saturated heterocycles. The molecule has 2 heterocycles. The third-order valence-electron chi connectivity index (χ3n) is 3.76. The number of aliphatic hydroxyl groups is 7. The second-order valence-corrected chi connectivity index (χ2v) is 5.69. The summed E-state index contributed by atoms with van der Waals surface area (Å²) in [6.07, 6.45) is -9.73. The minimum atomic E-state index is -3.86. The summed E-state index contributed by atoms with van der Waals surface area (Å²) in [5, 5.41) is 68.4. The summed E-state index contributed by atoms with van der Waals surface area (Å²) in [5.74, 6) is -12.5. The molecule has 0 aliphatic carbocycles. The van der Waals surface area contributed by atoms with Crippen LogP contribution in [0.15, 0.2) is 0 Å². The molecular formula is C12H16O13. The van der Waals surface area contributed by atoms with Crippen molar-refractivity contribution >= 4 is 17.9 Å². The Bertz CT molecular complexity index is 592. The van der Waals surface area contributed by atoms with Gasteiger partial charge in [0, 0.05) is 0 Å². The van der Waals surface area contributed by atoms with E-state index in [2.05, 4.69) is 14.2 Å². The summed E-state index contributed by atoms with van der Waals surface area (Å²) in [7, 11) is 0. The van der Waals surface area contributed by atoms with E-state index in [-0.39, 0.29) is 0 Å². The Labute approximate surface area is 138 Å². The average Bonchev–Trinajstić information content (AvgIpc) is 2.56. The summed E-state index contributed by atoms with van der Waals surface area (Å²) in [5.41, 5.74) is -2.76. The lowest BCUT2D eigenvalue weighted by Crippen LogP contribution is -2.71. The largest absolute Gasteiger partial charge is 0.446 e. The van der Waals surface area contributed by atoms with Gasteiger partial charge in [-0.25, -0.2) is 4.79 Å². The van der Waals surface area contributed by atoms with Gasteiger partial charge < -0.3 is 50.0 Å². The first-order chi connectivity index (χ1) is 11.4. The zero-order chi connectivity index (χ0) is 19.2. The molecule has 142 valence electrons. The average molecular weight is 368 g/mol. The van der Waals surface area contributed by atoms with Gasteiger partial charge >= 0.3 is 29.7 Å². The molecule has 2 aliphatic rings. The maximum atomic E-state index is 11.9. The van der Waals surface area contributed by atoms with Crippen LogP contribution in [0.3, 0.4) is 0 Å². The van der Waals surface area contributed by atoms with Crippen LogP contribution in [0.4, 0.5) is 0 Å². The van der Waals surface area contributed by atoms with Crippen molar-refractivity contribution in [3.63, 3.8) is 0 Å². The number of aliphatic hydroxyl groups excluding tert-OH is 4. The predicted octanol–water partition coefficient (Wildman–Crippen LogP) is -5.44. The Balaban J connectivity index is 2.55. The van der Waals surface area contributed by atoms with Crippen LogP contribution in [-0.2, 0) is 28.6 Å². The van der Waals surface area contributed by atoms with Crippen LogP contribution in [0.5, 0.6) is 0 Å². The molecule has 7 N–H and O–H groups in total. The van der Waals surface area contributed by atoms with E-state index in [1.807, 2.05) is 0 Å². The highest BCUT2D eigenvalue weighted by molar-refractivity contribution is 5.92. The van der Waals surface area contributed by atoms with Crippen molar-refractivity contribution in [3.8, 4) is 0 Å². The van der Waals surface area contributed by atoms with Crippen LogP contribution in [0.2, 0.25) is 0 Å². The Morgan fingerprint density at radius 2 is 1.44 bits per heavy atom. The highest BCUT2D eigenvalue weighted by Gasteiger charge is 2.71. The Hall–Kier alpha value is -1.87. The number of carbonyl (C=O) groups excluding carboxylic acids is 3. The number of esters is 3. The summed E-state index contributed by atoms with van der Waals surface area (Å²) in [6, 6.07) is 0. The van der Waals surface area contributed by atoms with Crippen LogP contribution < -0.4 is 0 Å². The summed E-state index contributed by atoms with van der Waals surface area (Å²) >= 11 is 0. The number of rotatable bonds is 4. The topological polar surface area (TPSA) is 221 Å². The molecule has 13 nitrogen and oxygen atoms in total. The molecule has 0 aromatic heterocycles. The minimum Gasteiger partial charge on any atom is -0.419 e. The molecule has 2 bridgehead atoms. The van der Waals surface area contributed by atoms with Crippen molar-refractivity contribution in [1.29, 1.82) is 0 Å². The van der Waals surface area contributed by atoms with E-state index < -0.39 is 73.0 Å². The smallest absolute Gasteiger partial charge is 0.419 e. The van der Waals surface area contributed by atoms with Crippen molar-refractivity contribution in [2.24, 2.45) is 0 Å². The highest BCUT2D eigenvalue weighted by atomic mass is 16.9. The van der Waals surface area contributed by atoms with Crippen LogP contribution >= 0.6 is 0 Å². The monoisotopic (exact) mass is 368 g/mol. The van der Waals surface area contributed by atoms with E-state index in [1.54, 1.807) is 0 Å². The standard InChI is InChI=1S/C12H16O13/c13-3-4(14)7(17)8(18)11(21)12(22)24-6(16)2-10(20,9(19)25-12)1-5(15)23-11/h4,7-8,13-14,17-18,20-22H,1-3H2/t4-,7+,8-,10?,11+,12?/m0/s1. The number of carbonyl (C=O) groups is 3. The van der Waals surface area contributed by atoms with Gasteiger partial charge in [0.25, 0.3) is 0 Å². The fraction of sp³-hybridized carbons (Fsp3) is 0.750. The van der Waals surface area contributed by atoms with Crippen molar-refractivity contribution in [1.82, 2.24) is 0 Å². The normalized spacial score (nSPS) is 39.2. The molecule has 0 spiro atoms. The predicted molar refractivity (Wildman–Crippen MR) is 67.5 cm³/mol. The highest BCUT2D eigenvalue weighted by Crippen LogP contribution is 2.40. The number of hydrogen-bond acceptors (Lipinski definition) is 13. The first-order valence-corrected chi connectivity index (χ1v) is 6.88. The van der Waals surface area contributed by atoms with Gasteiger partial charge in [0.05, 0.1) is 19.4 Å². The van der Waals surface area contributed by atoms with Gasteiger partial charge in [-0.15, -0.1) is 0 Å². The molecule has 2 aliphatic heterocycles. The van der Waals surface area contributed by atoms with E-state index >= 15 is 0 Å². The fourth-order valence-electron chi connectivity index (χ4n) is 2.33. The molecule has 0 aromatic carbocycles. The fourth-order valence-corrected chi connectivity index (χ4v) is 2.33. The summed E-state index contributed by atoms with van der Waals surface area (Å²) in [4.78, 5) is 35.4. The van der Waals surface area contributed by atoms with Crippen LogP contribution in [0.25, 0.3) is 0 Å². The van der Waals surface area contributed by atoms with E-state index in [9.17, 15) is 45.0 Å². The van der Waals surface area contributed by atoms with Crippen molar-refractivity contribution in [2.45, 2.75) is 48.5 Å². The second-order valence-electron chi connectivity index (χ2n) is 5.69. The maximum absolute atomic E-state index is 11.9. The molecule has 25 heavy (non-hydrogen) atoms. The van der Waals surface area contributed by atoms with Gasteiger partial charge in [0.15, 0.2) is 11.7 Å². The molecule has 2 fully saturated rings. The van der Waals surface area contributed by atoms with E-state index in [0.717, 1.165) is 0 Å². The molecule has 2 unspecified atom stereocenters. The number of cyclic esters (lactones) is 1. The van der Waals surface area contributed by atoms with Crippen LogP contribution in [-0.4, -0.2) is 95.9 Å². The first kappa shape index (κ1) is 19.5. The Kier molecular flexibility index (Phi) is 4.77. The number of ether oxygens (including phenoxy) is 3. The zero-order valence-corrected chi connectivity index (χ0v) is 12.4. The van der Waals surface area contributed by atoms with Crippen molar-refractivity contribution < 1.29 is 64.3 Å². The third kappa shape index (κ3) is 3.06. The number of fused-ring (bicyclic) bond motifs is 3. The quantitative estimate of drug-likeness (QED) is 0.230. The Morgan fingerprint density at radius 1 is 0.920 bits per heavy atom. The van der Waals surface area contributed by atoms with Gasteiger partial charge in [0.1, 0.15) is 12.2 Å². The van der Waals surface area contributed by atoms with Crippen LogP contribution in [0, 0.1) is 0 Å². The molecule has 6 atom stereocenters. The van der Waals surface area contributed by atoms with Gasteiger partial charge in [-0.3, -0.25) is 9.59 Å². The van der Waals surface area contributed by atoms with Gasteiger partial charge in [-0.05, 0) is 0 Å². The molecular weight excluding hydrogens is 352 g/mol. The van der Waals surface area contributed by atoms with Crippen LogP contribution in [0.1, 0.15) is 12.8 Å². The zero-order valence-electron chi connectivity index (χ0n) is 12.4. The van der Waals surface area contributed by atoms with Gasteiger partial charge in [-0.2, -0.15) is 0 Å². The molecule has 0 saturated carbocycles. The van der Waals surface area contributed by atoms with E-state index in [4.69, 9.17) is 5.11 Å². The minimum absolute atomic E-state index is 1.12. The lowest BCUT2D eigenvalue weighted by molar-refractivity contribution is -0.466. The summed E-state index contributed by atoms with van der Waals surface area (Å²) < 4.78 is 13.0. The van der Waals surface area contributed by atoms with E-state index in [1.165, 1.54) is 0 Å². The third-order valence-corrected chi connectivity index (χ3v) is 3.76. The molecule has 0 aromatic rings. The van der Waals surface area contributed by atoms with Crippen molar-refractivity contribution in [2.75, 3.05) is 6.61 Å². The van der Waals surface area contributed by atoms with Gasteiger partial charge in [0.2, 0.25) is 0 Å². The first-order valence-electron chi connectivity index (χ1n) is 6.88. The lowest BCUT2D eigenvalue weighted by atomic mass is 9.94. The lowest BCUT2D eigenvalue weighted by Gasteiger charge is -2.43. The molecule has 13 heteroatoms. The van der Waals surface area contributed by atoms with E-state index in [0.29, 0.717) is 0 Å². The number of hydrogen-bond donors (Lipinski definition) is 7. The molecule has 0 amide bonds.